The first-order chi connectivity index (χ1) is 9.08. The van der Waals surface area contributed by atoms with Crippen molar-refractivity contribution >= 4 is 21.7 Å². The number of ether oxygens (including phenoxy) is 1. The van der Waals surface area contributed by atoms with Gasteiger partial charge < -0.3 is 4.74 Å². The number of benzene rings is 2. The van der Waals surface area contributed by atoms with E-state index in [4.69, 9.17) is 0 Å². The summed E-state index contributed by atoms with van der Waals surface area (Å²) < 4.78 is 29.7. The van der Waals surface area contributed by atoms with Crippen molar-refractivity contribution in [2.75, 3.05) is 0 Å². The molecule has 19 heavy (non-hydrogen) atoms. The Labute approximate surface area is 117 Å². The molecule has 2 aromatic carbocycles. The zero-order valence-corrected chi connectivity index (χ0v) is 11.2. The van der Waals surface area contributed by atoms with Gasteiger partial charge in [0.25, 0.3) is 0 Å². The molecule has 5 heteroatoms. The first-order valence-electron chi connectivity index (χ1n) is 5.42. The number of rotatable bonds is 4. The van der Waals surface area contributed by atoms with Crippen LogP contribution in [0.2, 0.25) is 0 Å². The molecule has 2 aromatic rings. The molecule has 0 spiro atoms. The zero-order valence-electron chi connectivity index (χ0n) is 9.65. The molecular formula is C14H9BrF2O2. The van der Waals surface area contributed by atoms with E-state index >= 15 is 0 Å². The van der Waals surface area contributed by atoms with Crippen LogP contribution in [-0.2, 0) is 0 Å². The Balaban J connectivity index is 2.35. The van der Waals surface area contributed by atoms with Crippen LogP contribution in [0.5, 0.6) is 5.75 Å². The summed E-state index contributed by atoms with van der Waals surface area (Å²) in [7, 11) is 0. The fourth-order valence-electron chi connectivity index (χ4n) is 1.61. The largest absolute Gasteiger partial charge is 0.434 e. The molecule has 0 heterocycles. The highest BCUT2D eigenvalue weighted by Gasteiger charge is 2.16. The summed E-state index contributed by atoms with van der Waals surface area (Å²) in [6.07, 6.45) is 0. The second-order valence-corrected chi connectivity index (χ2v) is 4.63. The van der Waals surface area contributed by atoms with Gasteiger partial charge in [0.1, 0.15) is 5.75 Å². The Morgan fingerprint density at radius 1 is 1.05 bits per heavy atom. The highest BCUT2D eigenvalue weighted by molar-refractivity contribution is 9.10. The molecule has 0 fully saturated rings. The van der Waals surface area contributed by atoms with E-state index in [-0.39, 0.29) is 17.1 Å². The number of hydrogen-bond acceptors (Lipinski definition) is 2. The summed E-state index contributed by atoms with van der Waals surface area (Å²) in [5.41, 5.74) is 0.527. The lowest BCUT2D eigenvalue weighted by Crippen LogP contribution is -2.08. The number of para-hydroxylation sites is 1. The maximum Gasteiger partial charge on any atom is 0.387 e. The van der Waals surface area contributed by atoms with Gasteiger partial charge in [-0.15, -0.1) is 0 Å². The van der Waals surface area contributed by atoms with Gasteiger partial charge in [-0.25, -0.2) is 0 Å². The molecule has 0 aliphatic heterocycles. The average Bonchev–Trinajstić information content (AvgIpc) is 2.39. The lowest BCUT2D eigenvalue weighted by atomic mass is 10.0. The van der Waals surface area contributed by atoms with Crippen molar-refractivity contribution in [3.63, 3.8) is 0 Å². The van der Waals surface area contributed by atoms with Crippen LogP contribution in [0.15, 0.2) is 53.0 Å². The lowest BCUT2D eigenvalue weighted by molar-refractivity contribution is -0.0501. The molecule has 0 radical (unpaired) electrons. The topological polar surface area (TPSA) is 26.3 Å². The van der Waals surface area contributed by atoms with Gasteiger partial charge in [-0.3, -0.25) is 4.79 Å². The van der Waals surface area contributed by atoms with E-state index in [0.29, 0.717) is 5.56 Å². The molecule has 0 saturated carbocycles. The minimum Gasteiger partial charge on any atom is -0.434 e. The van der Waals surface area contributed by atoms with E-state index in [9.17, 15) is 13.6 Å². The van der Waals surface area contributed by atoms with E-state index in [1.807, 2.05) is 0 Å². The molecule has 0 aliphatic rings. The number of alkyl halides is 2. The highest BCUT2D eigenvalue weighted by Crippen LogP contribution is 2.23. The van der Waals surface area contributed by atoms with Crippen LogP contribution in [0.25, 0.3) is 0 Å². The molecule has 0 amide bonds. The SMILES string of the molecule is O=C(c1ccc(Br)cc1)c1ccccc1OC(F)F. The van der Waals surface area contributed by atoms with Gasteiger partial charge in [-0.05, 0) is 36.4 Å². The van der Waals surface area contributed by atoms with Crippen molar-refractivity contribution in [2.24, 2.45) is 0 Å². The van der Waals surface area contributed by atoms with E-state index in [2.05, 4.69) is 20.7 Å². The Morgan fingerprint density at radius 2 is 1.68 bits per heavy atom. The van der Waals surface area contributed by atoms with Crippen LogP contribution >= 0.6 is 15.9 Å². The van der Waals surface area contributed by atoms with Crippen molar-refractivity contribution in [2.45, 2.75) is 6.61 Å². The van der Waals surface area contributed by atoms with Crippen molar-refractivity contribution < 1.29 is 18.3 Å². The predicted octanol–water partition coefficient (Wildman–Crippen LogP) is 4.28. The third-order valence-corrected chi connectivity index (χ3v) is 2.98. The summed E-state index contributed by atoms with van der Waals surface area (Å²) in [5.74, 6) is -0.478. The summed E-state index contributed by atoms with van der Waals surface area (Å²) in [6, 6.07) is 12.6. The second kappa shape index (κ2) is 5.93. The summed E-state index contributed by atoms with van der Waals surface area (Å²) in [5, 5.41) is 0. The number of hydrogen-bond donors (Lipinski definition) is 0. The first kappa shape index (κ1) is 13.7. The lowest BCUT2D eigenvalue weighted by Gasteiger charge is -2.09. The molecule has 2 rings (SSSR count). The molecule has 0 unspecified atom stereocenters. The summed E-state index contributed by atoms with van der Waals surface area (Å²) in [4.78, 5) is 12.2. The Morgan fingerprint density at radius 3 is 2.32 bits per heavy atom. The molecule has 0 N–H and O–H groups in total. The van der Waals surface area contributed by atoms with Crippen LogP contribution in [0, 0.1) is 0 Å². The van der Waals surface area contributed by atoms with Gasteiger partial charge in [-0.2, -0.15) is 8.78 Å². The fourth-order valence-corrected chi connectivity index (χ4v) is 1.87. The van der Waals surface area contributed by atoms with E-state index in [1.54, 1.807) is 30.3 Å². The molecular weight excluding hydrogens is 318 g/mol. The van der Waals surface area contributed by atoms with Crippen molar-refractivity contribution in [1.82, 2.24) is 0 Å². The zero-order chi connectivity index (χ0) is 13.8. The quantitative estimate of drug-likeness (QED) is 0.784. The Hall–Kier alpha value is -1.75. The van der Waals surface area contributed by atoms with Gasteiger partial charge in [-0.1, -0.05) is 28.1 Å². The normalized spacial score (nSPS) is 10.5. The van der Waals surface area contributed by atoms with Crippen molar-refractivity contribution in [1.29, 1.82) is 0 Å². The van der Waals surface area contributed by atoms with E-state index in [0.717, 1.165) is 4.47 Å². The van der Waals surface area contributed by atoms with E-state index < -0.39 is 6.61 Å². The Kier molecular flexibility index (Phi) is 4.27. The summed E-state index contributed by atoms with van der Waals surface area (Å²) >= 11 is 3.26. The van der Waals surface area contributed by atoms with Crippen LogP contribution in [0.1, 0.15) is 15.9 Å². The third kappa shape index (κ3) is 3.38. The number of halogens is 3. The molecule has 2 nitrogen and oxygen atoms in total. The molecule has 98 valence electrons. The maximum atomic E-state index is 12.3. The minimum absolute atomic E-state index is 0.116. The highest BCUT2D eigenvalue weighted by atomic mass is 79.9. The van der Waals surface area contributed by atoms with Crippen LogP contribution in [-0.4, -0.2) is 12.4 Å². The maximum absolute atomic E-state index is 12.3. The number of carbonyl (C=O) groups is 1. The molecule has 0 aliphatic carbocycles. The minimum atomic E-state index is -2.96. The predicted molar refractivity (Wildman–Crippen MR) is 70.6 cm³/mol. The monoisotopic (exact) mass is 326 g/mol. The van der Waals surface area contributed by atoms with Gasteiger partial charge in [0.15, 0.2) is 5.78 Å². The molecule has 0 saturated heterocycles. The average molecular weight is 327 g/mol. The van der Waals surface area contributed by atoms with Crippen LogP contribution in [0.4, 0.5) is 8.78 Å². The Bertz CT molecular complexity index is 582. The molecule has 0 bridgehead atoms. The van der Waals surface area contributed by atoms with Crippen molar-refractivity contribution in [3.8, 4) is 5.75 Å². The summed E-state index contributed by atoms with van der Waals surface area (Å²) in [6.45, 7) is -2.96. The van der Waals surface area contributed by atoms with Crippen molar-refractivity contribution in [3.05, 3.63) is 64.1 Å². The van der Waals surface area contributed by atoms with Gasteiger partial charge in [0.05, 0.1) is 5.56 Å². The van der Waals surface area contributed by atoms with Gasteiger partial charge in [0.2, 0.25) is 0 Å². The first-order valence-corrected chi connectivity index (χ1v) is 6.21. The third-order valence-electron chi connectivity index (χ3n) is 2.45. The van der Waals surface area contributed by atoms with Gasteiger partial charge in [0, 0.05) is 10.0 Å². The number of carbonyl (C=O) groups excluding carboxylic acids is 1. The molecule has 0 atom stereocenters. The second-order valence-electron chi connectivity index (χ2n) is 3.71. The van der Waals surface area contributed by atoms with Crippen LogP contribution in [0.3, 0.4) is 0 Å². The number of ketones is 1. The fraction of sp³-hybridized carbons (Fsp3) is 0.0714. The van der Waals surface area contributed by atoms with Crippen LogP contribution < -0.4 is 4.74 Å². The standard InChI is InChI=1S/C14H9BrF2O2/c15-10-7-5-9(6-8-10)13(18)11-3-1-2-4-12(11)19-14(16)17/h1-8,14H. The smallest absolute Gasteiger partial charge is 0.387 e. The van der Waals surface area contributed by atoms with Gasteiger partial charge >= 0.3 is 6.61 Å². The van der Waals surface area contributed by atoms with E-state index in [1.165, 1.54) is 18.2 Å². The molecule has 0 aromatic heterocycles.